The van der Waals surface area contributed by atoms with Crippen LogP contribution in [0.25, 0.3) is 5.69 Å². The molecule has 1 saturated heterocycles. The largest absolute Gasteiger partial charge is 0.380 e. The minimum absolute atomic E-state index is 0.285. The number of para-hydroxylation sites is 1. The smallest absolute Gasteiger partial charge is 0.137 e. The van der Waals surface area contributed by atoms with Gasteiger partial charge in [0.15, 0.2) is 0 Å². The van der Waals surface area contributed by atoms with Crippen LogP contribution in [0.2, 0.25) is 0 Å². The normalized spacial score (nSPS) is 18.4. The van der Waals surface area contributed by atoms with Crippen LogP contribution in [0.5, 0.6) is 0 Å². The number of nitrogens with zero attached hydrogens (tertiary/aromatic N) is 3. The van der Waals surface area contributed by atoms with Gasteiger partial charge in [0.25, 0.3) is 0 Å². The van der Waals surface area contributed by atoms with E-state index in [0.29, 0.717) is 5.88 Å². The molecule has 1 unspecified atom stereocenters. The molecule has 0 bridgehead atoms. The highest BCUT2D eigenvalue weighted by molar-refractivity contribution is 6.17. The first-order valence-corrected chi connectivity index (χ1v) is 7.75. The maximum Gasteiger partial charge on any atom is 0.137 e. The summed E-state index contributed by atoms with van der Waals surface area (Å²) >= 11 is 6.18. The van der Waals surface area contributed by atoms with Gasteiger partial charge in [-0.2, -0.15) is 5.10 Å². The predicted molar refractivity (Wildman–Crippen MR) is 85.5 cm³/mol. The van der Waals surface area contributed by atoms with Gasteiger partial charge in [-0.25, -0.2) is 4.68 Å². The van der Waals surface area contributed by atoms with Crippen molar-refractivity contribution in [1.82, 2.24) is 9.78 Å². The van der Waals surface area contributed by atoms with Gasteiger partial charge in [-0.15, -0.1) is 11.6 Å². The first-order chi connectivity index (χ1) is 10.2. The Balaban J connectivity index is 2.05. The van der Waals surface area contributed by atoms with Crippen LogP contribution in [-0.4, -0.2) is 36.1 Å². The van der Waals surface area contributed by atoms with Gasteiger partial charge in [-0.05, 0) is 25.5 Å². The molecule has 2 aromatic rings. The molecule has 1 aliphatic rings. The molecule has 0 N–H and O–H groups in total. The van der Waals surface area contributed by atoms with Crippen LogP contribution in [0.3, 0.4) is 0 Å². The lowest BCUT2D eigenvalue weighted by molar-refractivity contribution is 0.121. The fourth-order valence-corrected chi connectivity index (χ4v) is 3.20. The van der Waals surface area contributed by atoms with E-state index < -0.39 is 0 Å². The molecule has 21 heavy (non-hydrogen) atoms. The highest BCUT2D eigenvalue weighted by atomic mass is 35.5. The number of benzene rings is 1. The Labute approximate surface area is 130 Å². The summed E-state index contributed by atoms with van der Waals surface area (Å²) in [5.41, 5.74) is 3.16. The van der Waals surface area contributed by atoms with Crippen LogP contribution in [0.1, 0.15) is 17.7 Å². The zero-order valence-electron chi connectivity index (χ0n) is 12.4. The van der Waals surface area contributed by atoms with Crippen molar-refractivity contribution in [2.45, 2.75) is 25.3 Å². The molecule has 3 rings (SSSR count). The monoisotopic (exact) mass is 305 g/mol. The zero-order valence-corrected chi connectivity index (χ0v) is 13.2. The van der Waals surface area contributed by atoms with E-state index in [1.165, 1.54) is 0 Å². The second-order valence-electron chi connectivity index (χ2n) is 5.36. The molecule has 0 spiro atoms. The Morgan fingerprint density at radius 2 is 2.10 bits per heavy atom. The van der Waals surface area contributed by atoms with E-state index in [1.807, 2.05) is 29.8 Å². The molecule has 0 radical (unpaired) electrons. The van der Waals surface area contributed by atoms with Crippen molar-refractivity contribution < 1.29 is 4.74 Å². The highest BCUT2D eigenvalue weighted by Gasteiger charge is 2.28. The Bertz CT molecular complexity index is 611. The number of rotatable bonds is 4. The molecule has 1 aliphatic heterocycles. The van der Waals surface area contributed by atoms with Crippen molar-refractivity contribution in [2.24, 2.45) is 0 Å². The first-order valence-electron chi connectivity index (χ1n) is 7.22. The number of halogens is 1. The standard InChI is InChI=1S/C16H20ClN3O/c1-12-15(10-17)16(19-9-8-14(11-19)21-2)20(18-12)13-6-4-3-5-7-13/h3-7,14H,8-11H2,1-2H3. The summed E-state index contributed by atoms with van der Waals surface area (Å²) in [4.78, 5) is 2.33. The third kappa shape index (κ3) is 2.65. The van der Waals surface area contributed by atoms with Crippen molar-refractivity contribution in [3.05, 3.63) is 41.6 Å². The van der Waals surface area contributed by atoms with E-state index in [-0.39, 0.29) is 6.10 Å². The van der Waals surface area contributed by atoms with Crippen LogP contribution in [0.15, 0.2) is 30.3 Å². The van der Waals surface area contributed by atoms with E-state index in [0.717, 1.165) is 42.3 Å². The van der Waals surface area contributed by atoms with E-state index >= 15 is 0 Å². The van der Waals surface area contributed by atoms with Crippen molar-refractivity contribution in [3.8, 4) is 5.69 Å². The molecule has 0 amide bonds. The Kier molecular flexibility index (Phi) is 4.17. The molecule has 1 aromatic heterocycles. The lowest BCUT2D eigenvalue weighted by atomic mass is 10.2. The Morgan fingerprint density at radius 3 is 2.71 bits per heavy atom. The van der Waals surface area contributed by atoms with Gasteiger partial charge in [0.2, 0.25) is 0 Å². The number of aromatic nitrogens is 2. The van der Waals surface area contributed by atoms with Crippen LogP contribution < -0.4 is 4.90 Å². The molecule has 4 nitrogen and oxygen atoms in total. The summed E-state index contributed by atoms with van der Waals surface area (Å²) < 4.78 is 7.49. The van der Waals surface area contributed by atoms with Gasteiger partial charge < -0.3 is 9.64 Å². The summed E-state index contributed by atoms with van der Waals surface area (Å²) in [6, 6.07) is 10.2. The fourth-order valence-electron chi connectivity index (χ4n) is 2.89. The SMILES string of the molecule is COC1CCN(c2c(CCl)c(C)nn2-c2ccccc2)C1. The summed E-state index contributed by atoms with van der Waals surface area (Å²) in [6.07, 6.45) is 1.32. The zero-order chi connectivity index (χ0) is 14.8. The molecule has 1 atom stereocenters. The third-order valence-corrected chi connectivity index (χ3v) is 4.34. The second-order valence-corrected chi connectivity index (χ2v) is 5.63. The third-order valence-electron chi connectivity index (χ3n) is 4.07. The predicted octanol–water partition coefficient (Wildman–Crippen LogP) is 3.14. The van der Waals surface area contributed by atoms with Gasteiger partial charge in [0.05, 0.1) is 23.4 Å². The van der Waals surface area contributed by atoms with E-state index in [9.17, 15) is 0 Å². The molecule has 1 aromatic carbocycles. The molecule has 5 heteroatoms. The van der Waals surface area contributed by atoms with Gasteiger partial charge in [-0.3, -0.25) is 0 Å². The Hall–Kier alpha value is -1.52. The summed E-state index contributed by atoms with van der Waals surface area (Å²) in [5, 5.41) is 4.70. The number of aryl methyl sites for hydroxylation is 1. The molecule has 112 valence electrons. The molecular formula is C16H20ClN3O. The number of ether oxygens (including phenoxy) is 1. The van der Waals surface area contributed by atoms with Crippen LogP contribution in [0, 0.1) is 6.92 Å². The first kappa shape index (κ1) is 14.4. The van der Waals surface area contributed by atoms with Gasteiger partial charge in [0.1, 0.15) is 5.82 Å². The number of hydrogen-bond donors (Lipinski definition) is 0. The van der Waals surface area contributed by atoms with E-state index in [4.69, 9.17) is 21.4 Å². The average molecular weight is 306 g/mol. The molecule has 1 fully saturated rings. The lowest BCUT2D eigenvalue weighted by Gasteiger charge is -2.21. The molecule has 0 saturated carbocycles. The summed E-state index contributed by atoms with van der Waals surface area (Å²) in [7, 11) is 1.77. The van der Waals surface area contributed by atoms with E-state index in [1.54, 1.807) is 7.11 Å². The second kappa shape index (κ2) is 6.08. The number of anilines is 1. The van der Waals surface area contributed by atoms with Crippen LogP contribution in [-0.2, 0) is 10.6 Å². The van der Waals surface area contributed by atoms with Crippen molar-refractivity contribution in [3.63, 3.8) is 0 Å². The molecular weight excluding hydrogens is 286 g/mol. The fraction of sp³-hybridized carbons (Fsp3) is 0.438. The summed E-state index contributed by atoms with van der Waals surface area (Å²) in [5.74, 6) is 1.58. The van der Waals surface area contributed by atoms with Crippen LogP contribution >= 0.6 is 11.6 Å². The number of hydrogen-bond acceptors (Lipinski definition) is 3. The van der Waals surface area contributed by atoms with Crippen LogP contribution in [0.4, 0.5) is 5.82 Å². The number of alkyl halides is 1. The van der Waals surface area contributed by atoms with Crippen molar-refractivity contribution in [2.75, 3.05) is 25.1 Å². The molecule has 0 aliphatic carbocycles. The van der Waals surface area contributed by atoms with Crippen molar-refractivity contribution in [1.29, 1.82) is 0 Å². The minimum atomic E-state index is 0.285. The van der Waals surface area contributed by atoms with Gasteiger partial charge in [-0.1, -0.05) is 18.2 Å². The number of methoxy groups -OCH3 is 1. The lowest BCUT2D eigenvalue weighted by Crippen LogP contribution is -2.25. The molecule has 2 heterocycles. The Morgan fingerprint density at radius 1 is 1.33 bits per heavy atom. The topological polar surface area (TPSA) is 30.3 Å². The summed E-state index contributed by atoms with van der Waals surface area (Å²) in [6.45, 7) is 3.88. The average Bonchev–Trinajstić information content (AvgIpc) is 3.11. The highest BCUT2D eigenvalue weighted by Crippen LogP contribution is 2.31. The quantitative estimate of drug-likeness (QED) is 0.813. The van der Waals surface area contributed by atoms with Gasteiger partial charge in [0, 0.05) is 25.8 Å². The minimum Gasteiger partial charge on any atom is -0.380 e. The van der Waals surface area contributed by atoms with Gasteiger partial charge >= 0.3 is 0 Å². The van der Waals surface area contributed by atoms with Crippen molar-refractivity contribution >= 4 is 17.4 Å². The maximum absolute atomic E-state index is 6.18. The van der Waals surface area contributed by atoms with E-state index in [2.05, 4.69) is 17.0 Å². The maximum atomic E-state index is 6.18.